The van der Waals surface area contributed by atoms with Crippen molar-refractivity contribution >= 4 is 5.97 Å². The van der Waals surface area contributed by atoms with Gasteiger partial charge in [-0.2, -0.15) is 5.26 Å². The van der Waals surface area contributed by atoms with Crippen LogP contribution in [0.5, 0.6) is 0 Å². The van der Waals surface area contributed by atoms with E-state index in [0.29, 0.717) is 5.56 Å². The fourth-order valence-electron chi connectivity index (χ4n) is 0.775. The second-order valence-electron chi connectivity index (χ2n) is 2.42. The molecule has 0 radical (unpaired) electrons. The predicted octanol–water partition coefficient (Wildman–Crippen LogP) is 0.528. The fourth-order valence-corrected chi connectivity index (χ4v) is 0.775. The van der Waals surface area contributed by atoms with Gasteiger partial charge < -0.3 is 4.74 Å². The number of aromatic nitrogens is 2. The van der Waals surface area contributed by atoms with E-state index < -0.39 is 5.97 Å². The van der Waals surface area contributed by atoms with Gasteiger partial charge in [-0.05, 0) is 0 Å². The summed E-state index contributed by atoms with van der Waals surface area (Å²) in [4.78, 5) is 18.5. The molecule has 0 bridgehead atoms. The van der Waals surface area contributed by atoms with E-state index in [1.807, 2.05) is 6.07 Å². The molecule has 0 N–H and O–H groups in total. The van der Waals surface area contributed by atoms with Crippen LogP contribution in [0.3, 0.4) is 0 Å². The Hall–Kier alpha value is -2.40. The Morgan fingerprint density at radius 1 is 1.53 bits per heavy atom. The molecule has 5 nitrogen and oxygen atoms in total. The zero-order valence-electron chi connectivity index (χ0n) is 8.02. The first kappa shape index (κ1) is 10.7. The maximum absolute atomic E-state index is 11.0. The van der Waals surface area contributed by atoms with Crippen LogP contribution in [-0.4, -0.2) is 23.0 Å². The Kier molecular flexibility index (Phi) is 3.81. The number of nitrogens with zero attached hydrogens (tertiary/aromatic N) is 3. The average molecular weight is 201 g/mol. The maximum Gasteiger partial charge on any atom is 0.376 e. The largest absolute Gasteiger partial charge is 0.463 e. The van der Waals surface area contributed by atoms with Gasteiger partial charge in [0.2, 0.25) is 5.82 Å². The van der Waals surface area contributed by atoms with Crippen molar-refractivity contribution in [2.45, 2.75) is 6.42 Å². The van der Waals surface area contributed by atoms with E-state index >= 15 is 0 Å². The molecule has 0 fully saturated rings. The molecule has 15 heavy (non-hydrogen) atoms. The van der Waals surface area contributed by atoms with E-state index in [1.54, 1.807) is 0 Å². The van der Waals surface area contributed by atoms with Crippen molar-refractivity contribution in [2.24, 2.45) is 0 Å². The number of esters is 1. The summed E-state index contributed by atoms with van der Waals surface area (Å²) in [5.74, 6) is 4.68. The van der Waals surface area contributed by atoms with Crippen molar-refractivity contribution in [1.29, 1.82) is 5.26 Å². The molecule has 0 amide bonds. The highest BCUT2D eigenvalue weighted by Gasteiger charge is 2.07. The van der Waals surface area contributed by atoms with E-state index in [1.165, 1.54) is 19.5 Å². The van der Waals surface area contributed by atoms with Crippen LogP contribution < -0.4 is 0 Å². The summed E-state index contributed by atoms with van der Waals surface area (Å²) in [6, 6.07) is 1.89. The molecule has 0 aliphatic heterocycles. The summed E-state index contributed by atoms with van der Waals surface area (Å²) < 4.78 is 4.43. The molecule has 1 heterocycles. The molecule has 0 saturated carbocycles. The fraction of sp³-hybridized carbons (Fsp3) is 0.200. The molecule has 0 atom stereocenters. The normalized spacial score (nSPS) is 8.27. The Balaban J connectivity index is 2.79. The summed E-state index contributed by atoms with van der Waals surface area (Å²) in [5.41, 5.74) is 0.554. The zero-order valence-corrected chi connectivity index (χ0v) is 8.02. The third kappa shape index (κ3) is 3.09. The number of hydrogen-bond acceptors (Lipinski definition) is 5. The lowest BCUT2D eigenvalue weighted by atomic mass is 10.3. The monoisotopic (exact) mass is 201 g/mol. The van der Waals surface area contributed by atoms with Crippen molar-refractivity contribution in [3.8, 4) is 17.9 Å². The number of methoxy groups -OCH3 is 1. The molecule has 5 heteroatoms. The minimum absolute atomic E-state index is 0.0108. The molecule has 74 valence electrons. The van der Waals surface area contributed by atoms with Gasteiger partial charge in [0.25, 0.3) is 0 Å². The van der Waals surface area contributed by atoms with E-state index in [-0.39, 0.29) is 12.2 Å². The third-order valence-corrected chi connectivity index (χ3v) is 1.42. The predicted molar refractivity (Wildman–Crippen MR) is 50.5 cm³/mol. The standard InChI is InChI=1S/C10H7N3O2/c1-15-10(14)9-12-6-8(7-13-9)4-2-3-5-11/h6-7H,3H2,1H3. The van der Waals surface area contributed by atoms with Gasteiger partial charge in [0.05, 0.1) is 25.2 Å². The third-order valence-electron chi connectivity index (χ3n) is 1.42. The zero-order chi connectivity index (χ0) is 11.1. The van der Waals surface area contributed by atoms with Gasteiger partial charge in [0.15, 0.2) is 0 Å². The van der Waals surface area contributed by atoms with Crippen LogP contribution in [0.25, 0.3) is 0 Å². The molecule has 0 aromatic carbocycles. The molecular formula is C10H7N3O2. The highest BCUT2D eigenvalue weighted by Crippen LogP contribution is 1.95. The summed E-state index contributed by atoms with van der Waals surface area (Å²) in [6.07, 6.45) is 2.96. The van der Waals surface area contributed by atoms with Crippen molar-refractivity contribution < 1.29 is 9.53 Å². The lowest BCUT2D eigenvalue weighted by molar-refractivity contribution is 0.0586. The number of carbonyl (C=O) groups is 1. The number of hydrogen-bond donors (Lipinski definition) is 0. The number of ether oxygens (including phenoxy) is 1. The van der Waals surface area contributed by atoms with Crippen LogP contribution >= 0.6 is 0 Å². The van der Waals surface area contributed by atoms with Crippen LogP contribution in [0.15, 0.2) is 12.4 Å². The highest BCUT2D eigenvalue weighted by molar-refractivity contribution is 5.84. The van der Waals surface area contributed by atoms with Gasteiger partial charge in [-0.15, -0.1) is 0 Å². The van der Waals surface area contributed by atoms with Gasteiger partial charge in [-0.1, -0.05) is 11.8 Å². The topological polar surface area (TPSA) is 75.9 Å². The summed E-state index contributed by atoms with van der Waals surface area (Å²) in [7, 11) is 1.26. The van der Waals surface area contributed by atoms with Crippen molar-refractivity contribution in [1.82, 2.24) is 9.97 Å². The first-order chi connectivity index (χ1) is 7.27. The number of nitriles is 1. The van der Waals surface area contributed by atoms with E-state index in [4.69, 9.17) is 5.26 Å². The van der Waals surface area contributed by atoms with Gasteiger partial charge in [-0.3, -0.25) is 0 Å². The van der Waals surface area contributed by atoms with E-state index in [9.17, 15) is 4.79 Å². The van der Waals surface area contributed by atoms with Crippen LogP contribution in [-0.2, 0) is 4.74 Å². The Labute approximate surface area is 86.7 Å². The Bertz CT molecular complexity index is 448. The van der Waals surface area contributed by atoms with Gasteiger partial charge >= 0.3 is 5.97 Å². The molecule has 1 aromatic heterocycles. The number of carbonyl (C=O) groups excluding carboxylic acids is 1. The number of rotatable bonds is 1. The van der Waals surface area contributed by atoms with Crippen LogP contribution in [0.2, 0.25) is 0 Å². The SMILES string of the molecule is COC(=O)c1ncc(C#CCC#N)cn1. The van der Waals surface area contributed by atoms with Gasteiger partial charge in [0, 0.05) is 12.4 Å². The molecular weight excluding hydrogens is 194 g/mol. The first-order valence-corrected chi connectivity index (χ1v) is 4.04. The van der Waals surface area contributed by atoms with Crippen molar-refractivity contribution in [2.75, 3.05) is 7.11 Å². The second-order valence-corrected chi connectivity index (χ2v) is 2.42. The summed E-state index contributed by atoms with van der Waals surface area (Å²) in [6.45, 7) is 0. The first-order valence-electron chi connectivity index (χ1n) is 4.04. The lowest BCUT2D eigenvalue weighted by Gasteiger charge is -1.95. The van der Waals surface area contributed by atoms with E-state index in [0.717, 1.165) is 0 Å². The van der Waals surface area contributed by atoms with Crippen LogP contribution in [0, 0.1) is 23.2 Å². The van der Waals surface area contributed by atoms with E-state index in [2.05, 4.69) is 26.5 Å². The maximum atomic E-state index is 11.0. The molecule has 0 saturated heterocycles. The smallest absolute Gasteiger partial charge is 0.376 e. The molecule has 0 aliphatic carbocycles. The minimum atomic E-state index is -0.591. The van der Waals surface area contributed by atoms with Crippen LogP contribution in [0.4, 0.5) is 0 Å². The summed E-state index contributed by atoms with van der Waals surface area (Å²) in [5, 5.41) is 8.25. The van der Waals surface area contributed by atoms with Gasteiger partial charge in [0.1, 0.15) is 0 Å². The Morgan fingerprint density at radius 3 is 2.73 bits per heavy atom. The minimum Gasteiger partial charge on any atom is -0.463 e. The molecule has 1 aromatic rings. The molecule has 0 aliphatic rings. The average Bonchev–Trinajstić information content (AvgIpc) is 2.29. The second kappa shape index (κ2) is 5.36. The van der Waals surface area contributed by atoms with Crippen molar-refractivity contribution in [3.05, 3.63) is 23.8 Å². The molecule has 0 unspecified atom stereocenters. The van der Waals surface area contributed by atoms with Gasteiger partial charge in [-0.25, -0.2) is 14.8 Å². The van der Waals surface area contributed by atoms with Crippen molar-refractivity contribution in [3.63, 3.8) is 0 Å². The quantitative estimate of drug-likeness (QED) is 0.489. The summed E-state index contributed by atoms with van der Waals surface area (Å²) >= 11 is 0. The highest BCUT2D eigenvalue weighted by atomic mass is 16.5. The lowest BCUT2D eigenvalue weighted by Crippen LogP contribution is -2.06. The molecule has 0 spiro atoms. The molecule has 1 rings (SSSR count). The Morgan fingerprint density at radius 2 is 2.20 bits per heavy atom. The van der Waals surface area contributed by atoms with Crippen LogP contribution in [0.1, 0.15) is 22.6 Å².